The summed E-state index contributed by atoms with van der Waals surface area (Å²) in [5.41, 5.74) is 1.60. The normalized spacial score (nSPS) is 10.4. The van der Waals surface area contributed by atoms with Crippen LogP contribution in [0.1, 0.15) is 15.9 Å². The van der Waals surface area contributed by atoms with E-state index < -0.39 is 5.95 Å². The van der Waals surface area contributed by atoms with Crippen molar-refractivity contribution in [3.63, 3.8) is 0 Å². The van der Waals surface area contributed by atoms with Crippen LogP contribution in [0, 0.1) is 12.9 Å². The third kappa shape index (κ3) is 1.37. The molecule has 0 spiro atoms. The molecule has 0 radical (unpaired) electrons. The molecule has 0 amide bonds. The van der Waals surface area contributed by atoms with Crippen LogP contribution in [0.25, 0.3) is 10.9 Å². The van der Waals surface area contributed by atoms with Crippen LogP contribution in [0.2, 0.25) is 0 Å². The van der Waals surface area contributed by atoms with Gasteiger partial charge in [-0.15, -0.1) is 0 Å². The number of aromatic nitrogens is 1. The number of hydrogen-bond acceptors (Lipinski definition) is 2. The van der Waals surface area contributed by atoms with Gasteiger partial charge in [0, 0.05) is 5.39 Å². The molecule has 1 aromatic carbocycles. The van der Waals surface area contributed by atoms with Gasteiger partial charge in [0.2, 0.25) is 5.95 Å². The molecule has 1 aromatic heterocycles. The van der Waals surface area contributed by atoms with Gasteiger partial charge in [0.25, 0.3) is 0 Å². The summed E-state index contributed by atoms with van der Waals surface area (Å²) in [7, 11) is 0. The van der Waals surface area contributed by atoms with Crippen molar-refractivity contribution in [3.8, 4) is 0 Å². The Hall–Kier alpha value is -1.77. The standard InChI is InChI=1S/C11H8FNO/c1-7-2-3-8-5-9(6-14)11(12)13-10(8)4-7/h2-6H,1H3. The van der Waals surface area contributed by atoms with Crippen molar-refractivity contribution in [2.75, 3.05) is 0 Å². The summed E-state index contributed by atoms with van der Waals surface area (Å²) < 4.78 is 13.1. The fourth-order valence-electron chi connectivity index (χ4n) is 1.35. The van der Waals surface area contributed by atoms with Gasteiger partial charge in [-0.1, -0.05) is 12.1 Å². The molecule has 0 unspecified atom stereocenters. The van der Waals surface area contributed by atoms with Gasteiger partial charge in [0.1, 0.15) is 0 Å². The Labute approximate surface area is 80.4 Å². The molecule has 0 fully saturated rings. The van der Waals surface area contributed by atoms with E-state index in [1.54, 1.807) is 6.07 Å². The van der Waals surface area contributed by atoms with E-state index in [4.69, 9.17) is 0 Å². The summed E-state index contributed by atoms with van der Waals surface area (Å²) in [6, 6.07) is 7.01. The minimum Gasteiger partial charge on any atom is -0.298 e. The molecule has 2 nitrogen and oxygen atoms in total. The van der Waals surface area contributed by atoms with Gasteiger partial charge < -0.3 is 0 Å². The maximum Gasteiger partial charge on any atom is 0.224 e. The zero-order valence-electron chi connectivity index (χ0n) is 7.62. The second-order valence-electron chi connectivity index (χ2n) is 3.18. The number of nitrogens with zero attached hydrogens (tertiary/aromatic N) is 1. The Morgan fingerprint density at radius 1 is 1.36 bits per heavy atom. The summed E-state index contributed by atoms with van der Waals surface area (Å²) >= 11 is 0. The van der Waals surface area contributed by atoms with Crippen LogP contribution in [0.3, 0.4) is 0 Å². The maximum absolute atomic E-state index is 13.1. The highest BCUT2D eigenvalue weighted by Crippen LogP contribution is 2.16. The SMILES string of the molecule is Cc1ccc2cc(C=O)c(F)nc2c1. The summed E-state index contributed by atoms with van der Waals surface area (Å²) in [6.07, 6.45) is 0.474. The number of carbonyl (C=O) groups is 1. The van der Waals surface area contributed by atoms with Gasteiger partial charge in [-0.3, -0.25) is 4.79 Å². The molecule has 14 heavy (non-hydrogen) atoms. The van der Waals surface area contributed by atoms with Crippen LogP contribution in [-0.4, -0.2) is 11.3 Å². The molecule has 2 rings (SSSR count). The highest BCUT2D eigenvalue weighted by molar-refractivity contribution is 5.86. The lowest BCUT2D eigenvalue weighted by Crippen LogP contribution is -1.93. The molecule has 0 atom stereocenters. The van der Waals surface area contributed by atoms with Crippen LogP contribution >= 0.6 is 0 Å². The minimum atomic E-state index is -0.710. The third-order valence-corrected chi connectivity index (χ3v) is 2.08. The first-order valence-electron chi connectivity index (χ1n) is 4.23. The van der Waals surface area contributed by atoms with E-state index in [1.165, 1.54) is 6.07 Å². The molecule has 3 heteroatoms. The molecular weight excluding hydrogens is 181 g/mol. The number of fused-ring (bicyclic) bond motifs is 1. The van der Waals surface area contributed by atoms with Gasteiger partial charge in [0.05, 0.1) is 11.1 Å². The zero-order chi connectivity index (χ0) is 10.1. The first-order valence-corrected chi connectivity index (χ1v) is 4.23. The number of rotatable bonds is 1. The lowest BCUT2D eigenvalue weighted by Gasteiger charge is -2.00. The zero-order valence-corrected chi connectivity index (χ0v) is 7.62. The highest BCUT2D eigenvalue weighted by atomic mass is 19.1. The van der Waals surface area contributed by atoms with E-state index in [9.17, 15) is 9.18 Å². The van der Waals surface area contributed by atoms with Crippen molar-refractivity contribution >= 4 is 17.2 Å². The van der Waals surface area contributed by atoms with Crippen molar-refractivity contribution in [1.29, 1.82) is 0 Å². The molecule has 0 N–H and O–H groups in total. The largest absolute Gasteiger partial charge is 0.298 e. The Morgan fingerprint density at radius 2 is 2.14 bits per heavy atom. The monoisotopic (exact) mass is 189 g/mol. The van der Waals surface area contributed by atoms with E-state index in [0.29, 0.717) is 11.8 Å². The number of halogens is 1. The second-order valence-corrected chi connectivity index (χ2v) is 3.18. The number of hydrogen-bond donors (Lipinski definition) is 0. The first kappa shape index (κ1) is 8.81. The Morgan fingerprint density at radius 3 is 2.86 bits per heavy atom. The van der Waals surface area contributed by atoms with Gasteiger partial charge in [0.15, 0.2) is 6.29 Å². The van der Waals surface area contributed by atoms with Gasteiger partial charge >= 0.3 is 0 Å². The van der Waals surface area contributed by atoms with Crippen LogP contribution in [0.5, 0.6) is 0 Å². The average Bonchev–Trinajstić information content (AvgIpc) is 2.16. The van der Waals surface area contributed by atoms with Crippen molar-refractivity contribution in [2.45, 2.75) is 6.92 Å². The predicted octanol–water partition coefficient (Wildman–Crippen LogP) is 2.49. The first-order chi connectivity index (χ1) is 6.70. The summed E-state index contributed by atoms with van der Waals surface area (Å²) in [6.45, 7) is 1.91. The Balaban J connectivity index is 2.79. The number of pyridine rings is 1. The molecule has 0 bridgehead atoms. The number of carbonyl (C=O) groups excluding carboxylic acids is 1. The fraction of sp³-hybridized carbons (Fsp3) is 0.0909. The molecule has 0 saturated heterocycles. The number of benzene rings is 1. The van der Waals surface area contributed by atoms with E-state index in [1.807, 2.05) is 19.1 Å². The molecule has 2 aromatic rings. The molecule has 1 heterocycles. The van der Waals surface area contributed by atoms with Crippen molar-refractivity contribution in [1.82, 2.24) is 4.98 Å². The Bertz CT molecular complexity index is 508. The third-order valence-electron chi connectivity index (χ3n) is 2.08. The fourth-order valence-corrected chi connectivity index (χ4v) is 1.35. The van der Waals surface area contributed by atoms with Gasteiger partial charge in [-0.2, -0.15) is 4.39 Å². The summed E-state index contributed by atoms with van der Waals surface area (Å²) in [5.74, 6) is -0.710. The lowest BCUT2D eigenvalue weighted by molar-refractivity contribution is 0.111. The van der Waals surface area contributed by atoms with Crippen LogP contribution < -0.4 is 0 Å². The predicted molar refractivity (Wildman–Crippen MR) is 51.8 cm³/mol. The summed E-state index contributed by atoms with van der Waals surface area (Å²) in [4.78, 5) is 14.2. The lowest BCUT2D eigenvalue weighted by atomic mass is 10.1. The van der Waals surface area contributed by atoms with Crippen molar-refractivity contribution < 1.29 is 9.18 Å². The maximum atomic E-state index is 13.1. The average molecular weight is 189 g/mol. The van der Waals surface area contributed by atoms with Crippen molar-refractivity contribution in [3.05, 3.63) is 41.3 Å². The van der Waals surface area contributed by atoms with Crippen LogP contribution in [0.4, 0.5) is 4.39 Å². The Kier molecular flexibility index (Phi) is 2.00. The van der Waals surface area contributed by atoms with Gasteiger partial charge in [-0.05, 0) is 24.6 Å². The topological polar surface area (TPSA) is 30.0 Å². The van der Waals surface area contributed by atoms with Crippen molar-refractivity contribution in [2.24, 2.45) is 0 Å². The molecular formula is C11H8FNO. The molecule has 0 saturated carbocycles. The second kappa shape index (κ2) is 3.18. The molecule has 0 aliphatic heterocycles. The van der Waals surface area contributed by atoms with Crippen LogP contribution in [0.15, 0.2) is 24.3 Å². The molecule has 0 aliphatic rings. The van der Waals surface area contributed by atoms with Gasteiger partial charge in [-0.25, -0.2) is 4.98 Å². The quantitative estimate of drug-likeness (QED) is 0.509. The molecule has 0 aliphatic carbocycles. The summed E-state index contributed by atoms with van der Waals surface area (Å²) in [5, 5.41) is 0.777. The molecule has 70 valence electrons. The van der Waals surface area contributed by atoms with E-state index in [-0.39, 0.29) is 5.56 Å². The van der Waals surface area contributed by atoms with E-state index >= 15 is 0 Å². The van der Waals surface area contributed by atoms with E-state index in [0.717, 1.165) is 10.9 Å². The number of aryl methyl sites for hydroxylation is 1. The highest BCUT2D eigenvalue weighted by Gasteiger charge is 2.04. The smallest absolute Gasteiger partial charge is 0.224 e. The van der Waals surface area contributed by atoms with E-state index in [2.05, 4.69) is 4.98 Å². The number of aldehydes is 1. The van der Waals surface area contributed by atoms with Crippen LogP contribution in [-0.2, 0) is 0 Å². The minimum absolute atomic E-state index is 0.00125.